The van der Waals surface area contributed by atoms with Crippen LogP contribution in [0.3, 0.4) is 0 Å². The highest BCUT2D eigenvalue weighted by Gasteiger charge is 2.55. The summed E-state index contributed by atoms with van der Waals surface area (Å²) in [6.07, 6.45) is 3.05. The van der Waals surface area contributed by atoms with Gasteiger partial charge >= 0.3 is 0 Å². The van der Waals surface area contributed by atoms with Crippen LogP contribution in [0.1, 0.15) is 37.4 Å². The second-order valence-corrected chi connectivity index (χ2v) is 6.66. The molecule has 1 N–H and O–H groups in total. The van der Waals surface area contributed by atoms with E-state index in [2.05, 4.69) is 22.0 Å². The van der Waals surface area contributed by atoms with Crippen molar-refractivity contribution in [2.24, 2.45) is 17.3 Å². The highest BCUT2D eigenvalue weighted by molar-refractivity contribution is 9.10. The molecule has 1 aromatic carbocycles. The first-order chi connectivity index (χ1) is 9.06. The van der Waals surface area contributed by atoms with E-state index in [-0.39, 0.29) is 5.92 Å². The van der Waals surface area contributed by atoms with E-state index >= 15 is 0 Å². The van der Waals surface area contributed by atoms with Gasteiger partial charge in [-0.1, -0.05) is 12.5 Å². The Labute approximate surface area is 120 Å². The summed E-state index contributed by atoms with van der Waals surface area (Å²) >= 11 is 3.10. The second kappa shape index (κ2) is 4.57. The Morgan fingerprint density at radius 2 is 2.26 bits per heavy atom. The molecule has 2 aliphatic carbocycles. The average Bonchev–Trinajstić information content (AvgIpc) is 3.02. The molecule has 3 rings (SSSR count). The monoisotopic (exact) mass is 323 g/mol. The Morgan fingerprint density at radius 1 is 1.47 bits per heavy atom. The molecule has 0 radical (unpaired) electrons. The third-order valence-corrected chi connectivity index (χ3v) is 5.49. The Kier molecular flexibility index (Phi) is 3.15. The van der Waals surface area contributed by atoms with Gasteiger partial charge < -0.3 is 5.11 Å². The molecule has 2 fully saturated rings. The summed E-state index contributed by atoms with van der Waals surface area (Å²) in [5, 5.41) is 20.2. The fourth-order valence-electron chi connectivity index (χ4n) is 3.89. The van der Waals surface area contributed by atoms with Crippen molar-refractivity contribution in [3.8, 4) is 6.07 Å². The van der Waals surface area contributed by atoms with Crippen LogP contribution in [-0.2, 0) is 0 Å². The molecule has 0 amide bonds. The summed E-state index contributed by atoms with van der Waals surface area (Å²) < 4.78 is 14.0. The number of halogens is 2. The van der Waals surface area contributed by atoms with Gasteiger partial charge in [-0.2, -0.15) is 5.26 Å². The Morgan fingerprint density at radius 3 is 2.79 bits per heavy atom. The molecule has 0 spiro atoms. The van der Waals surface area contributed by atoms with Crippen LogP contribution in [0.4, 0.5) is 4.39 Å². The minimum Gasteiger partial charge on any atom is -0.387 e. The third kappa shape index (κ3) is 1.91. The van der Waals surface area contributed by atoms with Crippen LogP contribution in [0, 0.1) is 34.4 Å². The van der Waals surface area contributed by atoms with Gasteiger partial charge in [0, 0.05) is 0 Å². The lowest BCUT2D eigenvalue weighted by Crippen LogP contribution is -2.33. The highest BCUT2D eigenvalue weighted by atomic mass is 79.9. The summed E-state index contributed by atoms with van der Waals surface area (Å²) in [4.78, 5) is 0. The molecule has 2 aliphatic rings. The maximum atomic E-state index is 13.6. The summed E-state index contributed by atoms with van der Waals surface area (Å²) in [6.45, 7) is 0. The average molecular weight is 324 g/mol. The normalized spacial score (nSPS) is 34.2. The number of nitriles is 1. The van der Waals surface area contributed by atoms with Crippen LogP contribution in [0.5, 0.6) is 0 Å². The van der Waals surface area contributed by atoms with Crippen LogP contribution in [0.25, 0.3) is 0 Å². The largest absolute Gasteiger partial charge is 0.387 e. The Balaban J connectivity index is 1.96. The van der Waals surface area contributed by atoms with Crippen LogP contribution >= 0.6 is 15.9 Å². The van der Waals surface area contributed by atoms with Crippen LogP contribution < -0.4 is 0 Å². The van der Waals surface area contributed by atoms with Gasteiger partial charge in [0.1, 0.15) is 5.82 Å². The minimum absolute atomic E-state index is 0.254. The van der Waals surface area contributed by atoms with E-state index in [1.54, 1.807) is 12.1 Å². The lowest BCUT2D eigenvalue weighted by molar-refractivity contribution is 0.0231. The van der Waals surface area contributed by atoms with Gasteiger partial charge in [-0.3, -0.25) is 0 Å². The summed E-state index contributed by atoms with van der Waals surface area (Å²) in [6, 6.07) is 6.98. The van der Waals surface area contributed by atoms with E-state index in [1.807, 2.05) is 0 Å². The van der Waals surface area contributed by atoms with E-state index in [1.165, 1.54) is 6.07 Å². The third-order valence-electron chi connectivity index (χ3n) is 4.85. The number of hydrogen-bond acceptors (Lipinski definition) is 2. The molecule has 100 valence electrons. The maximum absolute atomic E-state index is 13.6. The number of fused-ring (bicyclic) bond motifs is 2. The first-order valence-electron chi connectivity index (χ1n) is 6.61. The Bertz CT molecular complexity index is 556. The first kappa shape index (κ1) is 13.1. The lowest BCUT2D eigenvalue weighted by Gasteiger charge is -2.35. The molecule has 19 heavy (non-hydrogen) atoms. The molecule has 1 aromatic rings. The van der Waals surface area contributed by atoms with E-state index in [0.29, 0.717) is 16.0 Å². The van der Waals surface area contributed by atoms with Crippen molar-refractivity contribution in [2.45, 2.75) is 31.8 Å². The molecule has 4 unspecified atom stereocenters. The predicted molar refractivity (Wildman–Crippen MR) is 72.6 cm³/mol. The van der Waals surface area contributed by atoms with E-state index in [0.717, 1.165) is 25.7 Å². The number of nitrogens with zero attached hydrogens (tertiary/aromatic N) is 1. The zero-order valence-corrected chi connectivity index (χ0v) is 12.0. The van der Waals surface area contributed by atoms with Gasteiger partial charge in [0.05, 0.1) is 22.1 Å². The fraction of sp³-hybridized carbons (Fsp3) is 0.533. The number of aliphatic hydroxyl groups is 1. The molecular weight excluding hydrogens is 309 g/mol. The Hall–Kier alpha value is -0.920. The van der Waals surface area contributed by atoms with Crippen molar-refractivity contribution in [1.82, 2.24) is 0 Å². The van der Waals surface area contributed by atoms with Crippen molar-refractivity contribution in [1.29, 1.82) is 5.26 Å². The summed E-state index contributed by atoms with van der Waals surface area (Å²) in [7, 11) is 0. The number of rotatable bonds is 2. The highest BCUT2D eigenvalue weighted by Crippen LogP contribution is 2.60. The van der Waals surface area contributed by atoms with Crippen LogP contribution in [-0.4, -0.2) is 5.11 Å². The molecule has 2 nitrogen and oxygen atoms in total. The van der Waals surface area contributed by atoms with Crippen molar-refractivity contribution < 1.29 is 9.50 Å². The van der Waals surface area contributed by atoms with Crippen molar-refractivity contribution >= 4 is 15.9 Å². The quantitative estimate of drug-likeness (QED) is 0.895. The van der Waals surface area contributed by atoms with Crippen LogP contribution in [0.2, 0.25) is 0 Å². The number of hydrogen-bond donors (Lipinski definition) is 1. The van der Waals surface area contributed by atoms with Gasteiger partial charge in [-0.05, 0) is 64.7 Å². The predicted octanol–water partition coefficient (Wildman–Crippen LogP) is 3.95. The smallest absolute Gasteiger partial charge is 0.137 e. The van der Waals surface area contributed by atoms with Crippen molar-refractivity contribution in [3.05, 3.63) is 34.1 Å². The molecule has 4 heteroatoms. The van der Waals surface area contributed by atoms with Gasteiger partial charge in [-0.15, -0.1) is 0 Å². The summed E-state index contributed by atoms with van der Waals surface area (Å²) in [5.74, 6) is 0.414. The molecule has 0 saturated heterocycles. The van der Waals surface area contributed by atoms with Crippen molar-refractivity contribution in [3.63, 3.8) is 0 Å². The topological polar surface area (TPSA) is 44.0 Å². The van der Waals surface area contributed by atoms with Gasteiger partial charge in [-0.25, -0.2) is 4.39 Å². The van der Waals surface area contributed by atoms with E-state index < -0.39 is 17.3 Å². The van der Waals surface area contributed by atoms with Gasteiger partial charge in [0.2, 0.25) is 0 Å². The van der Waals surface area contributed by atoms with Crippen molar-refractivity contribution in [2.75, 3.05) is 0 Å². The zero-order chi connectivity index (χ0) is 13.6. The van der Waals surface area contributed by atoms with Gasteiger partial charge in [0.15, 0.2) is 0 Å². The number of aliphatic hydroxyl groups excluding tert-OH is 1. The lowest BCUT2D eigenvalue weighted by atomic mass is 9.68. The van der Waals surface area contributed by atoms with Gasteiger partial charge in [0.25, 0.3) is 0 Å². The van der Waals surface area contributed by atoms with E-state index in [4.69, 9.17) is 0 Å². The van der Waals surface area contributed by atoms with Crippen LogP contribution in [0.15, 0.2) is 22.7 Å². The second-order valence-electron chi connectivity index (χ2n) is 5.81. The molecule has 2 bridgehead atoms. The molecule has 2 saturated carbocycles. The molecule has 4 atom stereocenters. The zero-order valence-electron chi connectivity index (χ0n) is 10.4. The molecule has 0 aliphatic heterocycles. The standard InChI is InChI=1S/C15H15BrFNO/c16-12-4-2-10(6-13(12)17)14(19)15(8-18)7-9-1-3-11(15)5-9/h2,4,6,9,11,14,19H,1,3,5,7H2. The summed E-state index contributed by atoms with van der Waals surface area (Å²) in [5.41, 5.74) is -0.210. The first-order valence-corrected chi connectivity index (χ1v) is 7.40. The fourth-order valence-corrected chi connectivity index (χ4v) is 4.13. The maximum Gasteiger partial charge on any atom is 0.137 e. The molecule has 0 aromatic heterocycles. The van der Waals surface area contributed by atoms with E-state index in [9.17, 15) is 14.8 Å². The minimum atomic E-state index is -0.893. The number of benzene rings is 1. The molecule has 0 heterocycles. The SMILES string of the molecule is N#CC1(C(O)c2ccc(Br)c(F)c2)CC2CCC1C2. The molecular formula is C15H15BrFNO.